The first-order valence-electron chi connectivity index (χ1n) is 6.19. The van der Waals surface area contributed by atoms with Crippen LogP contribution in [0.3, 0.4) is 0 Å². The molecule has 0 aliphatic rings. The standard InChI is InChI=1S/C12H20N2O4S2/c1-9(2)10(15)7-13-11(16)8-14(3)20(17,18)12-5-4-6-19-12/h4-6,9-10,15H,7-8H2,1-3H3,(H,13,16). The van der Waals surface area contributed by atoms with Gasteiger partial charge in [0, 0.05) is 13.6 Å². The molecule has 0 bridgehead atoms. The zero-order valence-electron chi connectivity index (χ0n) is 11.7. The Hall–Kier alpha value is -0.960. The number of thiophene rings is 1. The van der Waals surface area contributed by atoms with E-state index in [1.807, 2.05) is 13.8 Å². The highest BCUT2D eigenvalue weighted by molar-refractivity contribution is 7.91. The highest BCUT2D eigenvalue weighted by Gasteiger charge is 2.24. The van der Waals surface area contributed by atoms with Crippen LogP contribution in [0.4, 0.5) is 0 Å². The first kappa shape index (κ1) is 17.1. The average molecular weight is 320 g/mol. The maximum Gasteiger partial charge on any atom is 0.252 e. The molecule has 0 aliphatic carbocycles. The van der Waals surface area contributed by atoms with Gasteiger partial charge in [-0.1, -0.05) is 19.9 Å². The van der Waals surface area contributed by atoms with E-state index in [1.165, 1.54) is 13.1 Å². The highest BCUT2D eigenvalue weighted by Crippen LogP contribution is 2.19. The van der Waals surface area contributed by atoms with Crippen LogP contribution < -0.4 is 5.32 Å². The van der Waals surface area contributed by atoms with Crippen molar-refractivity contribution in [2.45, 2.75) is 24.2 Å². The van der Waals surface area contributed by atoms with Crippen molar-refractivity contribution >= 4 is 27.3 Å². The van der Waals surface area contributed by atoms with Crippen molar-refractivity contribution in [2.24, 2.45) is 5.92 Å². The van der Waals surface area contributed by atoms with Crippen molar-refractivity contribution in [1.82, 2.24) is 9.62 Å². The molecule has 1 rings (SSSR count). The Morgan fingerprint density at radius 2 is 2.15 bits per heavy atom. The van der Waals surface area contributed by atoms with Crippen molar-refractivity contribution in [3.63, 3.8) is 0 Å². The number of rotatable bonds is 7. The van der Waals surface area contributed by atoms with Gasteiger partial charge >= 0.3 is 0 Å². The summed E-state index contributed by atoms with van der Waals surface area (Å²) in [6, 6.07) is 3.14. The third kappa shape index (κ3) is 4.55. The predicted molar refractivity (Wildman–Crippen MR) is 78.0 cm³/mol. The second-order valence-electron chi connectivity index (χ2n) is 4.81. The number of aliphatic hydroxyl groups excluding tert-OH is 1. The molecule has 0 fully saturated rings. The van der Waals surface area contributed by atoms with Gasteiger partial charge in [-0.3, -0.25) is 4.79 Å². The monoisotopic (exact) mass is 320 g/mol. The first-order chi connectivity index (χ1) is 9.25. The summed E-state index contributed by atoms with van der Waals surface area (Å²) in [7, 11) is -2.26. The van der Waals surface area contributed by atoms with Crippen LogP contribution in [-0.2, 0) is 14.8 Å². The molecule has 0 aliphatic heterocycles. The van der Waals surface area contributed by atoms with Crippen molar-refractivity contribution in [3.8, 4) is 0 Å². The number of aliphatic hydroxyl groups is 1. The maximum absolute atomic E-state index is 12.1. The lowest BCUT2D eigenvalue weighted by atomic mass is 10.1. The normalized spacial score (nSPS) is 13.7. The molecular formula is C12H20N2O4S2. The van der Waals surface area contributed by atoms with Crippen molar-refractivity contribution in [1.29, 1.82) is 0 Å². The van der Waals surface area contributed by atoms with Crippen molar-refractivity contribution in [3.05, 3.63) is 17.5 Å². The Balaban J connectivity index is 2.54. The Morgan fingerprint density at radius 3 is 2.65 bits per heavy atom. The van der Waals surface area contributed by atoms with Crippen LogP contribution in [0.5, 0.6) is 0 Å². The summed E-state index contributed by atoms with van der Waals surface area (Å²) in [6.07, 6.45) is -0.641. The summed E-state index contributed by atoms with van der Waals surface area (Å²) in [5, 5.41) is 13.8. The largest absolute Gasteiger partial charge is 0.391 e. The smallest absolute Gasteiger partial charge is 0.252 e. The van der Waals surface area contributed by atoms with Gasteiger partial charge in [-0.05, 0) is 17.4 Å². The third-order valence-electron chi connectivity index (χ3n) is 2.80. The second-order valence-corrected chi connectivity index (χ2v) is 8.03. The number of nitrogens with zero attached hydrogens (tertiary/aromatic N) is 1. The SMILES string of the molecule is CC(C)C(O)CNC(=O)CN(C)S(=O)(=O)c1cccs1. The van der Waals surface area contributed by atoms with Crippen LogP contribution >= 0.6 is 11.3 Å². The van der Waals surface area contributed by atoms with Crippen LogP contribution in [0.1, 0.15) is 13.8 Å². The van der Waals surface area contributed by atoms with E-state index in [2.05, 4.69) is 5.32 Å². The topological polar surface area (TPSA) is 86.7 Å². The fourth-order valence-corrected chi connectivity index (χ4v) is 3.69. The number of amides is 1. The molecule has 1 amide bonds. The molecule has 1 unspecified atom stereocenters. The molecule has 0 spiro atoms. The molecule has 20 heavy (non-hydrogen) atoms. The zero-order chi connectivity index (χ0) is 15.3. The van der Waals surface area contributed by atoms with E-state index in [4.69, 9.17) is 0 Å². The molecule has 1 heterocycles. The van der Waals surface area contributed by atoms with Crippen LogP contribution in [0.25, 0.3) is 0 Å². The minimum absolute atomic E-state index is 0.0304. The van der Waals surface area contributed by atoms with E-state index in [0.29, 0.717) is 0 Å². The molecule has 2 N–H and O–H groups in total. The van der Waals surface area contributed by atoms with Gasteiger partial charge in [0.1, 0.15) is 4.21 Å². The van der Waals surface area contributed by atoms with Crippen LogP contribution in [-0.4, -0.2) is 50.0 Å². The summed E-state index contributed by atoms with van der Waals surface area (Å²) in [4.78, 5) is 11.7. The number of hydrogen-bond donors (Lipinski definition) is 2. The third-order valence-corrected chi connectivity index (χ3v) is 5.98. The molecule has 0 radical (unpaired) electrons. The fourth-order valence-electron chi connectivity index (χ4n) is 1.36. The van der Waals surface area contributed by atoms with Gasteiger partial charge in [0.15, 0.2) is 0 Å². The Morgan fingerprint density at radius 1 is 1.50 bits per heavy atom. The molecule has 0 saturated heterocycles. The Labute approximate surface area is 123 Å². The molecule has 114 valence electrons. The van der Waals surface area contributed by atoms with Gasteiger partial charge in [0.25, 0.3) is 10.0 Å². The minimum Gasteiger partial charge on any atom is -0.391 e. The molecule has 0 aromatic carbocycles. The van der Waals surface area contributed by atoms with Crippen LogP contribution in [0.2, 0.25) is 0 Å². The van der Waals surface area contributed by atoms with Crippen LogP contribution in [0.15, 0.2) is 21.7 Å². The van der Waals surface area contributed by atoms with Gasteiger partial charge in [-0.2, -0.15) is 4.31 Å². The predicted octanol–water partition coefficient (Wildman–Crippen LogP) is 0.502. The summed E-state index contributed by atoms with van der Waals surface area (Å²) in [5.74, 6) is -0.407. The summed E-state index contributed by atoms with van der Waals surface area (Å²) < 4.78 is 25.4. The molecule has 1 aromatic rings. The van der Waals surface area contributed by atoms with E-state index in [0.717, 1.165) is 15.6 Å². The van der Waals surface area contributed by atoms with Gasteiger partial charge in [0.05, 0.1) is 12.6 Å². The average Bonchev–Trinajstić information content (AvgIpc) is 2.89. The van der Waals surface area contributed by atoms with Gasteiger partial charge < -0.3 is 10.4 Å². The molecule has 1 aromatic heterocycles. The molecule has 6 nitrogen and oxygen atoms in total. The summed E-state index contributed by atoms with van der Waals surface area (Å²) in [5.41, 5.74) is 0. The lowest BCUT2D eigenvalue weighted by molar-refractivity contribution is -0.121. The lowest BCUT2D eigenvalue weighted by Gasteiger charge is -2.18. The van der Waals surface area contributed by atoms with E-state index in [1.54, 1.807) is 11.4 Å². The lowest BCUT2D eigenvalue weighted by Crippen LogP contribution is -2.41. The van der Waals surface area contributed by atoms with Gasteiger partial charge in [0.2, 0.25) is 5.91 Å². The first-order valence-corrected chi connectivity index (χ1v) is 8.51. The minimum atomic E-state index is -3.62. The Kier molecular flexibility index (Phi) is 6.12. The van der Waals surface area contributed by atoms with Crippen molar-refractivity contribution in [2.75, 3.05) is 20.1 Å². The van der Waals surface area contributed by atoms with Crippen molar-refractivity contribution < 1.29 is 18.3 Å². The van der Waals surface area contributed by atoms with Gasteiger partial charge in [-0.25, -0.2) is 8.42 Å². The highest BCUT2D eigenvalue weighted by atomic mass is 32.2. The van der Waals surface area contributed by atoms with E-state index in [-0.39, 0.29) is 23.2 Å². The number of hydrogen-bond acceptors (Lipinski definition) is 5. The Bertz CT molecular complexity index is 526. The number of likely N-dealkylation sites (N-methyl/N-ethyl adjacent to an activating group) is 1. The van der Waals surface area contributed by atoms with Crippen LogP contribution in [0, 0.1) is 5.92 Å². The van der Waals surface area contributed by atoms with E-state index >= 15 is 0 Å². The molecule has 1 atom stereocenters. The zero-order valence-corrected chi connectivity index (χ0v) is 13.4. The number of sulfonamides is 1. The number of nitrogens with one attached hydrogen (secondary N) is 1. The second kappa shape index (κ2) is 7.16. The maximum atomic E-state index is 12.1. The summed E-state index contributed by atoms with van der Waals surface area (Å²) in [6.45, 7) is 3.52. The molecule has 0 saturated carbocycles. The molecular weight excluding hydrogens is 300 g/mol. The molecule has 8 heteroatoms. The summed E-state index contributed by atoms with van der Waals surface area (Å²) >= 11 is 1.11. The van der Waals surface area contributed by atoms with E-state index in [9.17, 15) is 18.3 Å². The quantitative estimate of drug-likeness (QED) is 0.766. The number of carbonyl (C=O) groups is 1. The number of carbonyl (C=O) groups excluding carboxylic acids is 1. The fraction of sp³-hybridized carbons (Fsp3) is 0.583. The van der Waals surface area contributed by atoms with E-state index < -0.39 is 22.0 Å². The van der Waals surface area contributed by atoms with Gasteiger partial charge in [-0.15, -0.1) is 11.3 Å².